The lowest BCUT2D eigenvalue weighted by Gasteiger charge is -2.37. The van der Waals surface area contributed by atoms with Crippen LogP contribution in [0.4, 0.5) is 5.13 Å². The predicted molar refractivity (Wildman–Crippen MR) is 61.2 cm³/mol. The summed E-state index contributed by atoms with van der Waals surface area (Å²) in [6.45, 7) is 7.62. The van der Waals surface area contributed by atoms with Gasteiger partial charge in [0, 0.05) is 25.0 Å². The monoisotopic (exact) mass is 211 g/mol. The normalized spacial score (nSPS) is 16.7. The van der Waals surface area contributed by atoms with Crippen molar-refractivity contribution in [3.8, 4) is 0 Å². The van der Waals surface area contributed by atoms with E-state index in [0.29, 0.717) is 6.04 Å². The molecule has 1 aliphatic heterocycles. The zero-order valence-corrected chi connectivity index (χ0v) is 9.60. The van der Waals surface area contributed by atoms with Crippen LogP contribution in [0, 0.1) is 0 Å². The van der Waals surface area contributed by atoms with Gasteiger partial charge in [0.05, 0.1) is 11.7 Å². The first-order valence-electron chi connectivity index (χ1n) is 5.27. The van der Waals surface area contributed by atoms with Crippen LogP contribution in [0.3, 0.4) is 0 Å². The van der Waals surface area contributed by atoms with Gasteiger partial charge in [-0.3, -0.25) is 0 Å². The van der Waals surface area contributed by atoms with E-state index in [1.165, 1.54) is 10.8 Å². The highest BCUT2D eigenvalue weighted by Gasteiger charge is 2.25. The number of hydrogen-bond acceptors (Lipinski definition) is 4. The molecule has 0 spiro atoms. The molecule has 0 unspecified atom stereocenters. The van der Waals surface area contributed by atoms with Crippen molar-refractivity contribution in [2.75, 3.05) is 24.5 Å². The molecule has 1 fully saturated rings. The number of nitrogens with one attached hydrogen (secondary N) is 1. The molecule has 2 heterocycles. The van der Waals surface area contributed by atoms with Crippen LogP contribution < -0.4 is 10.2 Å². The fourth-order valence-electron chi connectivity index (χ4n) is 1.63. The van der Waals surface area contributed by atoms with E-state index in [-0.39, 0.29) is 0 Å². The zero-order valence-electron chi connectivity index (χ0n) is 8.79. The molecule has 78 valence electrons. The minimum Gasteiger partial charge on any atom is -0.343 e. The lowest BCUT2D eigenvalue weighted by atomic mass is 10.1. The minimum atomic E-state index is 0.663. The Hall–Kier alpha value is -0.610. The molecule has 2 rings (SSSR count). The van der Waals surface area contributed by atoms with Crippen LogP contribution in [0.1, 0.15) is 19.5 Å². The fraction of sp³-hybridized carbons (Fsp3) is 0.700. The van der Waals surface area contributed by atoms with Crippen molar-refractivity contribution in [2.24, 2.45) is 0 Å². The van der Waals surface area contributed by atoms with Crippen LogP contribution in [0.25, 0.3) is 0 Å². The Bertz CT molecular complexity index is 293. The summed E-state index contributed by atoms with van der Waals surface area (Å²) in [5, 5.41) is 6.66. The molecule has 4 heteroatoms. The van der Waals surface area contributed by atoms with Crippen LogP contribution in [0.15, 0.2) is 5.38 Å². The van der Waals surface area contributed by atoms with Crippen LogP contribution in [-0.2, 0) is 6.42 Å². The third kappa shape index (κ3) is 1.77. The second kappa shape index (κ2) is 4.28. The summed E-state index contributed by atoms with van der Waals surface area (Å²) < 4.78 is 0. The SMILES string of the molecule is CCc1csc(N(CC)C2CNC2)n1. The van der Waals surface area contributed by atoms with Crippen LogP contribution in [-0.4, -0.2) is 30.7 Å². The van der Waals surface area contributed by atoms with E-state index in [1.807, 2.05) is 0 Å². The largest absolute Gasteiger partial charge is 0.343 e. The number of aryl methyl sites for hydroxylation is 1. The molecule has 0 aliphatic carbocycles. The topological polar surface area (TPSA) is 28.2 Å². The van der Waals surface area contributed by atoms with E-state index in [0.717, 1.165) is 26.1 Å². The predicted octanol–water partition coefficient (Wildman–Crippen LogP) is 1.50. The second-order valence-corrected chi connectivity index (χ2v) is 4.41. The Balaban J connectivity index is 2.09. The number of aromatic nitrogens is 1. The Morgan fingerprint density at radius 3 is 2.79 bits per heavy atom. The molecule has 0 saturated carbocycles. The van der Waals surface area contributed by atoms with Crippen molar-refractivity contribution in [1.82, 2.24) is 10.3 Å². The smallest absolute Gasteiger partial charge is 0.185 e. The van der Waals surface area contributed by atoms with E-state index in [4.69, 9.17) is 0 Å². The maximum Gasteiger partial charge on any atom is 0.185 e. The second-order valence-electron chi connectivity index (χ2n) is 3.57. The van der Waals surface area contributed by atoms with Crippen molar-refractivity contribution in [3.05, 3.63) is 11.1 Å². The molecule has 1 aromatic rings. The highest BCUT2D eigenvalue weighted by Crippen LogP contribution is 2.23. The number of nitrogens with zero attached hydrogens (tertiary/aromatic N) is 2. The van der Waals surface area contributed by atoms with E-state index in [2.05, 4.69) is 34.4 Å². The number of thiazole rings is 1. The maximum absolute atomic E-state index is 4.62. The van der Waals surface area contributed by atoms with Gasteiger partial charge in [0.2, 0.25) is 0 Å². The molecule has 1 aliphatic rings. The first kappa shape index (κ1) is 9.93. The van der Waals surface area contributed by atoms with Crippen molar-refractivity contribution in [2.45, 2.75) is 26.3 Å². The van der Waals surface area contributed by atoms with Gasteiger partial charge in [-0.25, -0.2) is 4.98 Å². The maximum atomic E-state index is 4.62. The molecule has 3 nitrogen and oxygen atoms in total. The molecule has 14 heavy (non-hydrogen) atoms. The summed E-state index contributed by atoms with van der Waals surface area (Å²) in [6.07, 6.45) is 1.04. The number of hydrogen-bond donors (Lipinski definition) is 1. The Morgan fingerprint density at radius 2 is 2.36 bits per heavy atom. The van der Waals surface area contributed by atoms with Crippen LogP contribution >= 0.6 is 11.3 Å². The molecular weight excluding hydrogens is 194 g/mol. The van der Waals surface area contributed by atoms with Crippen molar-refractivity contribution in [3.63, 3.8) is 0 Å². The van der Waals surface area contributed by atoms with Gasteiger partial charge in [-0.15, -0.1) is 11.3 Å². The molecule has 1 N–H and O–H groups in total. The van der Waals surface area contributed by atoms with Crippen LogP contribution in [0.5, 0.6) is 0 Å². The quantitative estimate of drug-likeness (QED) is 0.818. The lowest BCUT2D eigenvalue weighted by Crippen LogP contribution is -2.57. The van der Waals surface area contributed by atoms with E-state index in [1.54, 1.807) is 11.3 Å². The standard InChI is InChI=1S/C10H17N3S/c1-3-8-7-14-10(12-8)13(4-2)9-5-11-6-9/h7,9,11H,3-6H2,1-2H3. The zero-order chi connectivity index (χ0) is 9.97. The van der Waals surface area contributed by atoms with Crippen LogP contribution in [0.2, 0.25) is 0 Å². The molecule has 0 aromatic carbocycles. The summed E-state index contributed by atoms with van der Waals surface area (Å²) in [7, 11) is 0. The van der Waals surface area contributed by atoms with Crippen molar-refractivity contribution < 1.29 is 0 Å². The van der Waals surface area contributed by atoms with Gasteiger partial charge in [-0.1, -0.05) is 6.92 Å². The lowest BCUT2D eigenvalue weighted by molar-refractivity contribution is 0.417. The molecule has 1 aromatic heterocycles. The highest BCUT2D eigenvalue weighted by atomic mass is 32.1. The Kier molecular flexibility index (Phi) is 3.03. The first-order chi connectivity index (χ1) is 6.85. The molecule has 0 radical (unpaired) electrons. The summed E-state index contributed by atoms with van der Waals surface area (Å²) in [5.41, 5.74) is 1.22. The average Bonchev–Trinajstić information content (AvgIpc) is 2.58. The summed E-state index contributed by atoms with van der Waals surface area (Å²) >= 11 is 1.77. The highest BCUT2D eigenvalue weighted by molar-refractivity contribution is 7.13. The van der Waals surface area contributed by atoms with Gasteiger partial charge in [0.1, 0.15) is 0 Å². The third-order valence-electron chi connectivity index (χ3n) is 2.69. The van der Waals surface area contributed by atoms with E-state index < -0.39 is 0 Å². The number of anilines is 1. The number of likely N-dealkylation sites (N-methyl/N-ethyl adjacent to an activating group) is 1. The minimum absolute atomic E-state index is 0.663. The van der Waals surface area contributed by atoms with Gasteiger partial charge in [-0.2, -0.15) is 0 Å². The molecule has 0 atom stereocenters. The van der Waals surface area contributed by atoms with E-state index in [9.17, 15) is 0 Å². The van der Waals surface area contributed by atoms with Crippen molar-refractivity contribution in [1.29, 1.82) is 0 Å². The summed E-state index contributed by atoms with van der Waals surface area (Å²) in [6, 6.07) is 0.663. The Labute approximate surface area is 89.1 Å². The molecule has 0 bridgehead atoms. The van der Waals surface area contributed by atoms with Gasteiger partial charge in [-0.05, 0) is 13.3 Å². The van der Waals surface area contributed by atoms with E-state index >= 15 is 0 Å². The van der Waals surface area contributed by atoms with Gasteiger partial charge < -0.3 is 10.2 Å². The molecular formula is C10H17N3S. The Morgan fingerprint density at radius 1 is 1.57 bits per heavy atom. The average molecular weight is 211 g/mol. The van der Waals surface area contributed by atoms with Gasteiger partial charge in [0.15, 0.2) is 5.13 Å². The third-order valence-corrected chi connectivity index (χ3v) is 3.62. The number of rotatable bonds is 4. The summed E-state index contributed by atoms with van der Waals surface area (Å²) in [5.74, 6) is 0. The fourth-order valence-corrected chi connectivity index (χ4v) is 2.68. The first-order valence-corrected chi connectivity index (χ1v) is 6.14. The van der Waals surface area contributed by atoms with Crippen molar-refractivity contribution >= 4 is 16.5 Å². The molecule has 1 saturated heterocycles. The van der Waals surface area contributed by atoms with Gasteiger partial charge in [0.25, 0.3) is 0 Å². The van der Waals surface area contributed by atoms with Gasteiger partial charge >= 0.3 is 0 Å². The molecule has 0 amide bonds. The summed E-state index contributed by atoms with van der Waals surface area (Å²) in [4.78, 5) is 7.02.